The standard InChI is InChI=1S/C22H21ClN6O2/c1-14(30)25-17-8-9-27(13-17)20-7-6-19(10-24-20)28-11-15-12-29(26-21(15)22(28)31)18-4-2-16(23)3-5-18/h2-7,10,12,17H,8-9,11,13H2,1H3,(H,25,30). The monoisotopic (exact) mass is 436 g/mol. The number of benzene rings is 1. The first kappa shape index (κ1) is 19.6. The van der Waals surface area contributed by atoms with Gasteiger partial charge in [-0.3, -0.25) is 9.59 Å². The van der Waals surface area contributed by atoms with Crippen LogP contribution in [0, 0.1) is 0 Å². The Morgan fingerprint density at radius 3 is 2.61 bits per heavy atom. The highest BCUT2D eigenvalue weighted by Crippen LogP contribution is 2.29. The van der Waals surface area contributed by atoms with Crippen LogP contribution in [0.15, 0.2) is 48.8 Å². The van der Waals surface area contributed by atoms with Crippen LogP contribution in [0.5, 0.6) is 0 Å². The van der Waals surface area contributed by atoms with E-state index in [-0.39, 0.29) is 17.9 Å². The molecule has 2 aliphatic rings. The average Bonchev–Trinajstić information content (AvgIpc) is 3.45. The third-order valence-corrected chi connectivity index (χ3v) is 5.87. The molecule has 1 fully saturated rings. The van der Waals surface area contributed by atoms with E-state index in [1.807, 2.05) is 30.5 Å². The number of halogens is 1. The molecule has 158 valence electrons. The van der Waals surface area contributed by atoms with Crippen LogP contribution in [-0.4, -0.2) is 45.7 Å². The van der Waals surface area contributed by atoms with E-state index < -0.39 is 0 Å². The zero-order valence-corrected chi connectivity index (χ0v) is 17.7. The second-order valence-corrected chi connectivity index (χ2v) is 8.26. The molecule has 31 heavy (non-hydrogen) atoms. The molecular formula is C22H21ClN6O2. The van der Waals surface area contributed by atoms with Crippen LogP contribution in [0.25, 0.3) is 5.69 Å². The van der Waals surface area contributed by atoms with Crippen molar-refractivity contribution < 1.29 is 9.59 Å². The lowest BCUT2D eigenvalue weighted by molar-refractivity contribution is -0.119. The fourth-order valence-electron chi connectivity index (χ4n) is 4.11. The van der Waals surface area contributed by atoms with Crippen molar-refractivity contribution in [2.75, 3.05) is 22.9 Å². The summed E-state index contributed by atoms with van der Waals surface area (Å²) in [4.78, 5) is 32.6. The summed E-state index contributed by atoms with van der Waals surface area (Å²) in [6.07, 6.45) is 4.49. The van der Waals surface area contributed by atoms with Crippen molar-refractivity contribution in [2.24, 2.45) is 0 Å². The minimum absolute atomic E-state index is 0.0138. The summed E-state index contributed by atoms with van der Waals surface area (Å²) in [5.74, 6) is 0.693. The van der Waals surface area contributed by atoms with E-state index in [9.17, 15) is 9.59 Å². The van der Waals surface area contributed by atoms with Gasteiger partial charge in [0.15, 0.2) is 5.69 Å². The Balaban J connectivity index is 1.29. The SMILES string of the molecule is CC(=O)NC1CCN(c2ccc(N3Cc4cn(-c5ccc(Cl)cc5)nc4C3=O)cn2)C1. The van der Waals surface area contributed by atoms with Crippen LogP contribution in [-0.2, 0) is 11.3 Å². The molecule has 0 saturated carbocycles. The summed E-state index contributed by atoms with van der Waals surface area (Å²) in [5, 5.41) is 8.09. The second kappa shape index (κ2) is 7.70. The molecule has 2 aromatic heterocycles. The van der Waals surface area contributed by atoms with Crippen molar-refractivity contribution in [3.8, 4) is 5.69 Å². The first-order chi connectivity index (χ1) is 15.0. The van der Waals surface area contributed by atoms with E-state index in [1.54, 1.807) is 27.9 Å². The molecule has 2 aliphatic heterocycles. The summed E-state index contributed by atoms with van der Waals surface area (Å²) in [7, 11) is 0. The fraction of sp³-hybridized carbons (Fsp3) is 0.273. The van der Waals surface area contributed by atoms with Crippen molar-refractivity contribution in [3.63, 3.8) is 0 Å². The van der Waals surface area contributed by atoms with Crippen LogP contribution in [0.4, 0.5) is 11.5 Å². The Kier molecular flexibility index (Phi) is 4.86. The summed E-state index contributed by atoms with van der Waals surface area (Å²) in [6.45, 7) is 3.56. The Hall–Kier alpha value is -3.39. The van der Waals surface area contributed by atoms with Gasteiger partial charge in [0, 0.05) is 42.8 Å². The smallest absolute Gasteiger partial charge is 0.279 e. The van der Waals surface area contributed by atoms with Gasteiger partial charge in [0.25, 0.3) is 5.91 Å². The molecule has 8 nitrogen and oxygen atoms in total. The van der Waals surface area contributed by atoms with Gasteiger partial charge in [-0.15, -0.1) is 0 Å². The van der Waals surface area contributed by atoms with Crippen molar-refractivity contribution in [2.45, 2.75) is 25.9 Å². The summed E-state index contributed by atoms with van der Waals surface area (Å²) in [6, 6.07) is 11.3. The molecule has 0 spiro atoms. The Morgan fingerprint density at radius 2 is 1.94 bits per heavy atom. The summed E-state index contributed by atoms with van der Waals surface area (Å²) in [5.41, 5.74) is 2.92. The number of amides is 2. The summed E-state index contributed by atoms with van der Waals surface area (Å²) >= 11 is 5.95. The number of nitrogens with one attached hydrogen (secondary N) is 1. The van der Waals surface area contributed by atoms with E-state index in [2.05, 4.69) is 20.3 Å². The molecule has 1 saturated heterocycles. The molecule has 1 unspecified atom stereocenters. The molecule has 0 radical (unpaired) electrons. The third kappa shape index (κ3) is 3.74. The van der Waals surface area contributed by atoms with E-state index in [0.29, 0.717) is 17.3 Å². The van der Waals surface area contributed by atoms with Crippen LogP contribution in [0.3, 0.4) is 0 Å². The maximum atomic E-state index is 12.9. The number of nitrogens with zero attached hydrogens (tertiary/aromatic N) is 5. The van der Waals surface area contributed by atoms with Gasteiger partial charge in [0.2, 0.25) is 5.91 Å². The lowest BCUT2D eigenvalue weighted by atomic mass is 10.2. The van der Waals surface area contributed by atoms with Crippen LogP contribution in [0.2, 0.25) is 5.02 Å². The number of carbonyl (C=O) groups is 2. The molecule has 5 rings (SSSR count). The number of carbonyl (C=O) groups excluding carboxylic acids is 2. The highest BCUT2D eigenvalue weighted by molar-refractivity contribution is 6.30. The van der Waals surface area contributed by atoms with Crippen LogP contribution < -0.4 is 15.1 Å². The predicted octanol–water partition coefficient (Wildman–Crippen LogP) is 2.80. The van der Waals surface area contributed by atoms with Crippen LogP contribution >= 0.6 is 11.6 Å². The molecule has 1 aromatic carbocycles. The van der Waals surface area contributed by atoms with E-state index in [4.69, 9.17) is 11.6 Å². The minimum Gasteiger partial charge on any atom is -0.354 e. The number of pyridine rings is 1. The van der Waals surface area contributed by atoms with Gasteiger partial charge in [-0.1, -0.05) is 11.6 Å². The van der Waals surface area contributed by atoms with Gasteiger partial charge in [-0.25, -0.2) is 9.67 Å². The van der Waals surface area contributed by atoms with E-state index >= 15 is 0 Å². The number of hydrogen-bond acceptors (Lipinski definition) is 5. The second-order valence-electron chi connectivity index (χ2n) is 7.82. The number of anilines is 2. The fourth-order valence-corrected chi connectivity index (χ4v) is 4.23. The van der Waals surface area contributed by atoms with E-state index in [0.717, 1.165) is 42.3 Å². The zero-order chi connectivity index (χ0) is 21.5. The molecule has 3 aromatic rings. The summed E-state index contributed by atoms with van der Waals surface area (Å²) < 4.78 is 1.70. The molecule has 2 amide bonds. The quantitative estimate of drug-likeness (QED) is 0.680. The minimum atomic E-state index is -0.135. The van der Waals surface area contributed by atoms with Crippen molar-refractivity contribution in [1.29, 1.82) is 0 Å². The highest BCUT2D eigenvalue weighted by Gasteiger charge is 2.32. The van der Waals surface area contributed by atoms with Gasteiger partial charge >= 0.3 is 0 Å². The Labute approximate surface area is 184 Å². The highest BCUT2D eigenvalue weighted by atomic mass is 35.5. The number of rotatable bonds is 4. The molecule has 0 bridgehead atoms. The molecule has 9 heteroatoms. The topological polar surface area (TPSA) is 83.4 Å². The van der Waals surface area contributed by atoms with Gasteiger partial charge in [-0.2, -0.15) is 5.10 Å². The maximum Gasteiger partial charge on any atom is 0.279 e. The molecular weight excluding hydrogens is 416 g/mol. The van der Waals surface area contributed by atoms with Gasteiger partial charge in [0.1, 0.15) is 5.82 Å². The first-order valence-corrected chi connectivity index (χ1v) is 10.5. The van der Waals surface area contributed by atoms with Crippen LogP contribution in [0.1, 0.15) is 29.4 Å². The zero-order valence-electron chi connectivity index (χ0n) is 17.0. The van der Waals surface area contributed by atoms with Gasteiger partial charge in [-0.05, 0) is 42.8 Å². The molecule has 1 atom stereocenters. The average molecular weight is 437 g/mol. The number of fused-ring (bicyclic) bond motifs is 1. The maximum absolute atomic E-state index is 12.9. The van der Waals surface area contributed by atoms with Crippen molar-refractivity contribution >= 4 is 34.9 Å². The van der Waals surface area contributed by atoms with Crippen molar-refractivity contribution in [3.05, 3.63) is 65.1 Å². The number of aromatic nitrogens is 3. The normalized spacial score (nSPS) is 17.9. The molecule has 4 heterocycles. The van der Waals surface area contributed by atoms with Gasteiger partial charge < -0.3 is 15.1 Å². The number of hydrogen-bond donors (Lipinski definition) is 1. The molecule has 0 aliphatic carbocycles. The van der Waals surface area contributed by atoms with E-state index in [1.165, 1.54) is 6.92 Å². The third-order valence-electron chi connectivity index (χ3n) is 5.62. The van der Waals surface area contributed by atoms with Crippen molar-refractivity contribution in [1.82, 2.24) is 20.1 Å². The first-order valence-electron chi connectivity index (χ1n) is 10.1. The largest absolute Gasteiger partial charge is 0.354 e. The lowest BCUT2D eigenvalue weighted by Crippen LogP contribution is -2.35. The Bertz CT molecular complexity index is 1140. The Morgan fingerprint density at radius 1 is 1.16 bits per heavy atom. The lowest BCUT2D eigenvalue weighted by Gasteiger charge is -2.20. The van der Waals surface area contributed by atoms with Gasteiger partial charge in [0.05, 0.1) is 24.1 Å². The predicted molar refractivity (Wildman–Crippen MR) is 118 cm³/mol. The molecule has 1 N–H and O–H groups in total.